The van der Waals surface area contributed by atoms with Crippen molar-refractivity contribution in [1.82, 2.24) is 5.43 Å². The summed E-state index contributed by atoms with van der Waals surface area (Å²) < 4.78 is 10.7. The number of esters is 1. The highest BCUT2D eigenvalue weighted by Gasteiger charge is 2.15. The number of halogens is 1. The van der Waals surface area contributed by atoms with Crippen molar-refractivity contribution in [3.63, 3.8) is 0 Å². The third-order valence-electron chi connectivity index (χ3n) is 5.57. The molecule has 0 aliphatic heterocycles. The van der Waals surface area contributed by atoms with Crippen LogP contribution >= 0.6 is 11.6 Å². The van der Waals surface area contributed by atoms with Crippen molar-refractivity contribution < 1.29 is 28.8 Å². The lowest BCUT2D eigenvalue weighted by atomic mass is 10.1. The van der Waals surface area contributed by atoms with Gasteiger partial charge in [0.15, 0.2) is 11.5 Å². The zero-order chi connectivity index (χ0) is 29.4. The van der Waals surface area contributed by atoms with Gasteiger partial charge in [0.2, 0.25) is 0 Å². The van der Waals surface area contributed by atoms with Crippen LogP contribution in [0.15, 0.2) is 96.1 Å². The van der Waals surface area contributed by atoms with Crippen LogP contribution in [0.25, 0.3) is 0 Å². The Morgan fingerprint density at radius 1 is 0.854 bits per heavy atom. The lowest BCUT2D eigenvalue weighted by Gasteiger charge is -2.10. The maximum atomic E-state index is 12.6. The van der Waals surface area contributed by atoms with Gasteiger partial charge in [-0.1, -0.05) is 17.7 Å². The van der Waals surface area contributed by atoms with Crippen LogP contribution < -0.4 is 20.2 Å². The summed E-state index contributed by atoms with van der Waals surface area (Å²) in [5.74, 6) is -1.25. The monoisotopic (exact) mass is 572 g/mol. The van der Waals surface area contributed by atoms with Crippen LogP contribution in [0.4, 0.5) is 11.4 Å². The Balaban J connectivity index is 1.37. The van der Waals surface area contributed by atoms with E-state index in [1.807, 2.05) is 0 Å². The summed E-state index contributed by atoms with van der Waals surface area (Å²) in [6, 6.07) is 22.4. The molecule has 0 saturated carbocycles. The van der Waals surface area contributed by atoms with E-state index in [1.165, 1.54) is 49.7 Å². The number of hydrazone groups is 1. The predicted molar refractivity (Wildman–Crippen MR) is 152 cm³/mol. The highest BCUT2D eigenvalue weighted by atomic mass is 35.5. The molecule has 0 saturated heterocycles. The largest absolute Gasteiger partial charge is 0.493 e. The average molecular weight is 573 g/mol. The number of hydrogen-bond donors (Lipinski definition) is 2. The molecule has 0 aliphatic carbocycles. The lowest BCUT2D eigenvalue weighted by molar-refractivity contribution is -0.384. The fraction of sp³-hybridized carbons (Fsp3) is 0.0345. The maximum Gasteiger partial charge on any atom is 0.343 e. The Hall–Kier alpha value is -5.55. The Bertz CT molecular complexity index is 1640. The average Bonchev–Trinajstić information content (AvgIpc) is 2.98. The first-order valence-electron chi connectivity index (χ1n) is 11.9. The predicted octanol–water partition coefficient (Wildman–Crippen LogP) is 5.49. The highest BCUT2D eigenvalue weighted by molar-refractivity contribution is 6.30. The van der Waals surface area contributed by atoms with Gasteiger partial charge < -0.3 is 14.8 Å². The van der Waals surface area contributed by atoms with E-state index in [0.717, 1.165) is 0 Å². The number of nitro groups is 1. The first-order valence-corrected chi connectivity index (χ1v) is 12.3. The van der Waals surface area contributed by atoms with Crippen LogP contribution in [-0.4, -0.2) is 36.0 Å². The second-order valence-electron chi connectivity index (χ2n) is 8.34. The van der Waals surface area contributed by atoms with Gasteiger partial charge in [-0.25, -0.2) is 10.2 Å². The first-order chi connectivity index (χ1) is 19.7. The van der Waals surface area contributed by atoms with Crippen LogP contribution in [0.2, 0.25) is 5.02 Å². The van der Waals surface area contributed by atoms with Crippen molar-refractivity contribution in [2.75, 3.05) is 12.4 Å². The van der Waals surface area contributed by atoms with Gasteiger partial charge >= 0.3 is 5.97 Å². The van der Waals surface area contributed by atoms with Crippen LogP contribution in [0.5, 0.6) is 11.5 Å². The van der Waals surface area contributed by atoms with Crippen LogP contribution in [0, 0.1) is 10.1 Å². The molecule has 0 unspecified atom stereocenters. The molecule has 2 N–H and O–H groups in total. The van der Waals surface area contributed by atoms with Crippen LogP contribution in [-0.2, 0) is 0 Å². The topological polar surface area (TPSA) is 149 Å². The minimum absolute atomic E-state index is 0.120. The number of methoxy groups -OCH3 is 1. The van der Waals surface area contributed by atoms with Crippen molar-refractivity contribution in [3.05, 3.63) is 128 Å². The number of ether oxygens (including phenoxy) is 2. The molecule has 0 radical (unpaired) electrons. The summed E-state index contributed by atoms with van der Waals surface area (Å²) in [6.07, 6.45) is 1.37. The fourth-order valence-electron chi connectivity index (χ4n) is 3.50. The molecule has 0 aliphatic rings. The Labute approximate surface area is 238 Å². The van der Waals surface area contributed by atoms with E-state index in [0.29, 0.717) is 21.8 Å². The number of non-ortho nitro benzene ring substituents is 1. The minimum atomic E-state index is -0.724. The molecule has 0 atom stereocenters. The molecule has 0 fully saturated rings. The molecular formula is C29H21ClN4O7. The molecule has 11 nitrogen and oxygen atoms in total. The van der Waals surface area contributed by atoms with E-state index in [1.54, 1.807) is 54.6 Å². The van der Waals surface area contributed by atoms with Gasteiger partial charge in [0.25, 0.3) is 17.5 Å². The zero-order valence-corrected chi connectivity index (χ0v) is 22.1. The fourth-order valence-corrected chi connectivity index (χ4v) is 3.63. The second-order valence-corrected chi connectivity index (χ2v) is 8.78. The highest BCUT2D eigenvalue weighted by Crippen LogP contribution is 2.28. The van der Waals surface area contributed by atoms with Crippen molar-refractivity contribution in [1.29, 1.82) is 0 Å². The molecule has 4 rings (SSSR count). The summed E-state index contributed by atoms with van der Waals surface area (Å²) >= 11 is 5.86. The quantitative estimate of drug-likeness (QED) is 0.0884. The van der Waals surface area contributed by atoms with Gasteiger partial charge in [0.1, 0.15) is 0 Å². The molecule has 4 aromatic rings. The van der Waals surface area contributed by atoms with E-state index in [9.17, 15) is 24.5 Å². The third-order valence-corrected chi connectivity index (χ3v) is 5.82. The van der Waals surface area contributed by atoms with Gasteiger partial charge in [0, 0.05) is 34.0 Å². The van der Waals surface area contributed by atoms with Gasteiger partial charge in [-0.15, -0.1) is 0 Å². The standard InChI is InChI=1S/C29H21ClN4O7/c1-40-26-15-18(5-14-25(26)41-29(37)20-8-12-24(13-9-20)34(38)39)17-31-33-28(36)21-3-2-4-23(16-21)32-27(35)19-6-10-22(30)11-7-19/h2-17H,1H3,(H,32,35)(H,33,36). The SMILES string of the molecule is COc1cc(C=NNC(=O)c2cccc(NC(=O)c3ccc(Cl)cc3)c2)ccc1OC(=O)c1ccc([N+](=O)[O-])cc1. The summed E-state index contributed by atoms with van der Waals surface area (Å²) in [4.78, 5) is 47.7. The first kappa shape index (κ1) is 28.5. The summed E-state index contributed by atoms with van der Waals surface area (Å²) in [7, 11) is 1.39. The maximum absolute atomic E-state index is 12.6. The smallest absolute Gasteiger partial charge is 0.343 e. The van der Waals surface area contributed by atoms with Crippen molar-refractivity contribution >= 4 is 47.0 Å². The molecule has 2 amide bonds. The molecule has 41 heavy (non-hydrogen) atoms. The van der Waals surface area contributed by atoms with Crippen molar-refractivity contribution in [2.45, 2.75) is 0 Å². The normalized spacial score (nSPS) is 10.6. The van der Waals surface area contributed by atoms with E-state index in [-0.39, 0.29) is 34.2 Å². The van der Waals surface area contributed by atoms with Gasteiger partial charge in [-0.05, 0) is 78.4 Å². The van der Waals surface area contributed by atoms with Gasteiger partial charge in [-0.3, -0.25) is 19.7 Å². The minimum Gasteiger partial charge on any atom is -0.493 e. The number of nitro benzene ring substituents is 1. The zero-order valence-electron chi connectivity index (χ0n) is 21.4. The number of carbonyl (C=O) groups excluding carboxylic acids is 3. The molecule has 0 spiro atoms. The number of carbonyl (C=O) groups is 3. The van der Waals surface area contributed by atoms with E-state index >= 15 is 0 Å². The Morgan fingerprint density at radius 2 is 1.56 bits per heavy atom. The number of nitrogens with zero attached hydrogens (tertiary/aromatic N) is 2. The molecule has 0 bridgehead atoms. The number of nitrogens with one attached hydrogen (secondary N) is 2. The number of rotatable bonds is 9. The molecule has 0 heterocycles. The number of hydrogen-bond acceptors (Lipinski definition) is 8. The third kappa shape index (κ3) is 7.52. The summed E-state index contributed by atoms with van der Waals surface area (Å²) in [5, 5.41) is 18.0. The molecule has 0 aromatic heterocycles. The molecule has 12 heteroatoms. The Morgan fingerprint density at radius 3 is 2.24 bits per heavy atom. The molecule has 206 valence electrons. The van der Waals surface area contributed by atoms with Crippen molar-refractivity contribution in [2.24, 2.45) is 5.10 Å². The summed E-state index contributed by atoms with van der Waals surface area (Å²) in [6.45, 7) is 0. The van der Waals surface area contributed by atoms with E-state index < -0.39 is 16.8 Å². The number of anilines is 1. The van der Waals surface area contributed by atoms with Gasteiger partial charge in [0.05, 0.1) is 23.8 Å². The molecule has 4 aromatic carbocycles. The second kappa shape index (κ2) is 13.0. The van der Waals surface area contributed by atoms with Crippen LogP contribution in [0.1, 0.15) is 36.6 Å². The molecular weight excluding hydrogens is 552 g/mol. The number of benzene rings is 4. The summed E-state index contributed by atoms with van der Waals surface area (Å²) in [5.41, 5.74) is 4.02. The van der Waals surface area contributed by atoms with E-state index in [4.69, 9.17) is 21.1 Å². The van der Waals surface area contributed by atoms with E-state index in [2.05, 4.69) is 15.8 Å². The Kier molecular flexibility index (Phi) is 9.02. The lowest BCUT2D eigenvalue weighted by Crippen LogP contribution is -2.18. The number of amides is 2. The van der Waals surface area contributed by atoms with Gasteiger partial charge in [-0.2, -0.15) is 5.10 Å². The van der Waals surface area contributed by atoms with Crippen LogP contribution in [0.3, 0.4) is 0 Å². The van der Waals surface area contributed by atoms with Crippen molar-refractivity contribution in [3.8, 4) is 11.5 Å².